The lowest BCUT2D eigenvalue weighted by Gasteiger charge is -2.34. The number of nitrogens with zero attached hydrogens (tertiary/aromatic N) is 5. The van der Waals surface area contributed by atoms with Gasteiger partial charge in [0.2, 0.25) is 11.9 Å². The maximum Gasteiger partial charge on any atom is 0.225 e. The maximum absolute atomic E-state index is 11.1. The van der Waals surface area contributed by atoms with E-state index in [0.29, 0.717) is 5.13 Å². The normalized spacial score (nSPS) is 14.7. The zero-order chi connectivity index (χ0) is 20.9. The number of carbonyl (C=O) groups excluding carboxylic acids is 1. The van der Waals surface area contributed by atoms with Crippen LogP contribution in [-0.2, 0) is 17.9 Å². The van der Waals surface area contributed by atoms with Crippen LogP contribution < -0.4 is 10.2 Å². The number of thiazole rings is 1. The summed E-state index contributed by atoms with van der Waals surface area (Å²) in [6, 6.07) is 7.76. The first kappa shape index (κ1) is 20.4. The smallest absolute Gasteiger partial charge is 0.225 e. The van der Waals surface area contributed by atoms with E-state index in [4.69, 9.17) is 0 Å². The third-order valence-corrected chi connectivity index (χ3v) is 5.76. The molecule has 8 nitrogen and oxygen atoms in total. The van der Waals surface area contributed by atoms with Crippen LogP contribution >= 0.6 is 11.3 Å². The van der Waals surface area contributed by atoms with Gasteiger partial charge in [-0.3, -0.25) is 9.69 Å². The van der Waals surface area contributed by atoms with Crippen LogP contribution in [0, 0.1) is 0 Å². The van der Waals surface area contributed by atoms with Gasteiger partial charge in [0, 0.05) is 63.0 Å². The second-order valence-corrected chi connectivity index (χ2v) is 8.08. The molecule has 1 fully saturated rings. The second kappa shape index (κ2) is 9.29. The molecule has 3 heterocycles. The highest BCUT2D eigenvalue weighted by molar-refractivity contribution is 7.13. The van der Waals surface area contributed by atoms with Gasteiger partial charge in [-0.25, -0.2) is 15.0 Å². The van der Waals surface area contributed by atoms with Crippen molar-refractivity contribution in [2.45, 2.75) is 20.1 Å². The van der Waals surface area contributed by atoms with E-state index >= 15 is 0 Å². The molecule has 1 aliphatic heterocycles. The molecule has 1 aromatic carbocycles. The molecule has 4 rings (SSSR count). The van der Waals surface area contributed by atoms with Gasteiger partial charge in [-0.05, 0) is 17.2 Å². The summed E-state index contributed by atoms with van der Waals surface area (Å²) in [5.74, 6) is 0.634. The third-order valence-electron chi connectivity index (χ3n) is 4.96. The van der Waals surface area contributed by atoms with Crippen LogP contribution in [0.2, 0.25) is 0 Å². The fraction of sp³-hybridized carbons (Fsp3) is 0.333. The van der Waals surface area contributed by atoms with E-state index in [0.717, 1.165) is 61.1 Å². The number of nitrogens with one attached hydrogen (secondary N) is 1. The lowest BCUT2D eigenvalue weighted by Crippen LogP contribution is -2.46. The number of aliphatic hydroxyl groups is 1. The number of aromatic nitrogens is 3. The Balaban J connectivity index is 1.32. The zero-order valence-corrected chi connectivity index (χ0v) is 17.6. The van der Waals surface area contributed by atoms with Gasteiger partial charge in [0.05, 0.1) is 12.3 Å². The van der Waals surface area contributed by atoms with Crippen molar-refractivity contribution in [2.75, 3.05) is 36.4 Å². The largest absolute Gasteiger partial charge is 0.392 e. The molecule has 3 aromatic rings. The van der Waals surface area contributed by atoms with Crippen LogP contribution in [0.3, 0.4) is 0 Å². The molecule has 30 heavy (non-hydrogen) atoms. The summed E-state index contributed by atoms with van der Waals surface area (Å²) in [5.41, 5.74) is 3.78. The molecule has 2 aromatic heterocycles. The Labute approximate surface area is 179 Å². The Morgan fingerprint density at radius 2 is 1.93 bits per heavy atom. The lowest BCUT2D eigenvalue weighted by molar-refractivity contribution is -0.114. The molecule has 0 saturated carbocycles. The summed E-state index contributed by atoms with van der Waals surface area (Å²) < 4.78 is 0. The summed E-state index contributed by atoms with van der Waals surface area (Å²) in [5, 5.41) is 14.7. The quantitative estimate of drug-likeness (QED) is 0.627. The molecule has 1 aliphatic rings. The standard InChI is InChI=1S/C21H24N6O2S/c1-15(29)24-21-25-19(14-30-21)12-26-5-7-27(8-6-26)20-22-10-18(11-23-20)17-4-2-3-16(9-17)13-28/h2-4,9-11,14,28H,5-8,12-13H2,1H3,(H,24,25,29). The van der Waals surface area contributed by atoms with Gasteiger partial charge < -0.3 is 15.3 Å². The van der Waals surface area contributed by atoms with Crippen LogP contribution in [0.25, 0.3) is 11.1 Å². The van der Waals surface area contributed by atoms with Crippen molar-refractivity contribution in [1.29, 1.82) is 0 Å². The van der Waals surface area contributed by atoms with Crippen molar-refractivity contribution < 1.29 is 9.90 Å². The Hall–Kier alpha value is -2.88. The maximum atomic E-state index is 11.1. The van der Waals surface area contributed by atoms with E-state index < -0.39 is 0 Å². The van der Waals surface area contributed by atoms with Crippen molar-refractivity contribution in [1.82, 2.24) is 19.9 Å². The van der Waals surface area contributed by atoms with Crippen LogP contribution in [0.5, 0.6) is 0 Å². The molecule has 156 valence electrons. The monoisotopic (exact) mass is 424 g/mol. The van der Waals surface area contributed by atoms with Crippen molar-refractivity contribution >= 4 is 28.3 Å². The highest BCUT2D eigenvalue weighted by atomic mass is 32.1. The number of aliphatic hydroxyl groups excluding tert-OH is 1. The summed E-state index contributed by atoms with van der Waals surface area (Å²) in [7, 11) is 0. The van der Waals surface area contributed by atoms with E-state index in [-0.39, 0.29) is 12.5 Å². The van der Waals surface area contributed by atoms with E-state index in [1.54, 1.807) is 0 Å². The summed E-state index contributed by atoms with van der Waals surface area (Å²) in [6.07, 6.45) is 3.67. The summed E-state index contributed by atoms with van der Waals surface area (Å²) in [6.45, 7) is 5.77. The van der Waals surface area contributed by atoms with Gasteiger partial charge in [-0.1, -0.05) is 18.2 Å². The molecule has 0 atom stereocenters. The minimum absolute atomic E-state index is 0.0203. The molecule has 9 heteroatoms. The number of piperazine rings is 1. The van der Waals surface area contributed by atoms with Gasteiger partial charge in [-0.15, -0.1) is 11.3 Å². The summed E-state index contributed by atoms with van der Waals surface area (Å²) >= 11 is 1.45. The first-order valence-corrected chi connectivity index (χ1v) is 10.7. The molecule has 1 saturated heterocycles. The number of benzene rings is 1. The minimum Gasteiger partial charge on any atom is -0.392 e. The Kier molecular flexibility index (Phi) is 6.32. The lowest BCUT2D eigenvalue weighted by atomic mass is 10.1. The molecule has 0 unspecified atom stereocenters. The fourth-order valence-electron chi connectivity index (χ4n) is 3.41. The van der Waals surface area contributed by atoms with Crippen LogP contribution in [-0.4, -0.2) is 57.0 Å². The highest BCUT2D eigenvalue weighted by Gasteiger charge is 2.20. The van der Waals surface area contributed by atoms with Gasteiger partial charge in [0.15, 0.2) is 5.13 Å². The van der Waals surface area contributed by atoms with E-state index in [2.05, 4.69) is 30.1 Å². The molecule has 2 N–H and O–H groups in total. The number of carbonyl (C=O) groups is 1. The van der Waals surface area contributed by atoms with Crippen LogP contribution in [0.1, 0.15) is 18.2 Å². The first-order chi connectivity index (χ1) is 14.6. The molecule has 0 aliphatic carbocycles. The van der Waals surface area contributed by atoms with Crippen LogP contribution in [0.4, 0.5) is 11.1 Å². The zero-order valence-electron chi connectivity index (χ0n) is 16.8. The molecular formula is C21H24N6O2S. The average Bonchev–Trinajstić information content (AvgIpc) is 3.20. The summed E-state index contributed by atoms with van der Waals surface area (Å²) in [4.78, 5) is 29.2. The number of rotatable bonds is 6. The molecular weight excluding hydrogens is 400 g/mol. The Bertz CT molecular complexity index is 999. The Morgan fingerprint density at radius 1 is 1.17 bits per heavy atom. The van der Waals surface area contributed by atoms with Crippen molar-refractivity contribution in [3.05, 3.63) is 53.3 Å². The number of amides is 1. The van der Waals surface area contributed by atoms with Gasteiger partial charge in [-0.2, -0.15) is 0 Å². The average molecular weight is 425 g/mol. The molecule has 0 spiro atoms. The van der Waals surface area contributed by atoms with E-state index in [9.17, 15) is 9.90 Å². The third kappa shape index (κ3) is 4.99. The topological polar surface area (TPSA) is 94.5 Å². The van der Waals surface area contributed by atoms with Crippen molar-refractivity contribution in [3.8, 4) is 11.1 Å². The highest BCUT2D eigenvalue weighted by Crippen LogP contribution is 2.22. The SMILES string of the molecule is CC(=O)Nc1nc(CN2CCN(c3ncc(-c4cccc(CO)c4)cn3)CC2)cs1. The number of hydrogen-bond acceptors (Lipinski definition) is 8. The van der Waals surface area contributed by atoms with Crippen LogP contribution in [0.15, 0.2) is 42.0 Å². The fourth-order valence-corrected chi connectivity index (χ4v) is 4.15. The van der Waals surface area contributed by atoms with E-state index in [1.165, 1.54) is 18.3 Å². The van der Waals surface area contributed by atoms with E-state index in [1.807, 2.05) is 42.0 Å². The first-order valence-electron chi connectivity index (χ1n) is 9.82. The molecule has 0 bridgehead atoms. The molecule has 0 radical (unpaired) electrons. The Morgan fingerprint density at radius 3 is 2.63 bits per heavy atom. The van der Waals surface area contributed by atoms with Gasteiger partial charge >= 0.3 is 0 Å². The van der Waals surface area contributed by atoms with Crippen molar-refractivity contribution in [2.24, 2.45) is 0 Å². The predicted molar refractivity (Wildman–Crippen MR) is 117 cm³/mol. The number of hydrogen-bond donors (Lipinski definition) is 2. The molecule has 1 amide bonds. The van der Waals surface area contributed by atoms with Gasteiger partial charge in [0.25, 0.3) is 0 Å². The van der Waals surface area contributed by atoms with Crippen molar-refractivity contribution in [3.63, 3.8) is 0 Å². The second-order valence-electron chi connectivity index (χ2n) is 7.22. The van der Waals surface area contributed by atoms with Gasteiger partial charge in [0.1, 0.15) is 0 Å². The minimum atomic E-state index is -0.100. The number of anilines is 2. The predicted octanol–water partition coefficient (Wildman–Crippen LogP) is 2.37.